The zero-order chi connectivity index (χ0) is 35.1. The fourth-order valence-electron chi connectivity index (χ4n) is 6.08. The molecule has 4 N–H and O–H groups in total. The Bertz CT molecular complexity index is 1830. The Hall–Kier alpha value is -4.65. The minimum absolute atomic E-state index is 0. The van der Waals surface area contributed by atoms with Crippen LogP contribution in [0.2, 0.25) is 0 Å². The number of rotatable bonds is 14. The van der Waals surface area contributed by atoms with Gasteiger partial charge in [0, 0.05) is 36.6 Å². The summed E-state index contributed by atoms with van der Waals surface area (Å²) < 4.78 is 18.0. The Balaban J connectivity index is 0.00000562. The lowest BCUT2D eigenvalue weighted by Gasteiger charge is -2.36. The van der Waals surface area contributed by atoms with Crippen LogP contribution >= 0.6 is 0 Å². The summed E-state index contributed by atoms with van der Waals surface area (Å²) in [5.74, 6) is -0.549. The van der Waals surface area contributed by atoms with Crippen molar-refractivity contribution < 1.29 is 29.2 Å². The van der Waals surface area contributed by atoms with Crippen molar-refractivity contribution in [3.63, 3.8) is 0 Å². The normalized spacial score (nSPS) is 14.3. The molecule has 1 aliphatic heterocycles. The van der Waals surface area contributed by atoms with Gasteiger partial charge < -0.3 is 25.1 Å². The average Bonchev–Trinajstić information content (AvgIpc) is 3.51. The van der Waals surface area contributed by atoms with E-state index in [1.54, 1.807) is 58.1 Å². The molecule has 12 heteroatoms. The molecule has 11 nitrogen and oxygen atoms in total. The lowest BCUT2D eigenvalue weighted by Crippen LogP contribution is -2.46. The molecule has 266 valence electrons. The van der Waals surface area contributed by atoms with Gasteiger partial charge in [-0.15, -0.1) is 0 Å². The van der Waals surface area contributed by atoms with Crippen LogP contribution in [0.25, 0.3) is 5.69 Å². The van der Waals surface area contributed by atoms with Crippen molar-refractivity contribution in [2.75, 3.05) is 24.4 Å². The summed E-state index contributed by atoms with van der Waals surface area (Å²) in [6.07, 6.45) is 4.25. The van der Waals surface area contributed by atoms with E-state index in [1.807, 2.05) is 36.1 Å². The van der Waals surface area contributed by atoms with Gasteiger partial charge in [-0.3, -0.25) is 14.4 Å². The third kappa shape index (κ3) is 8.55. The van der Waals surface area contributed by atoms with Crippen molar-refractivity contribution >= 4 is 34.3 Å². The Morgan fingerprint density at radius 3 is 2.24 bits per heavy atom. The molecule has 1 unspecified atom stereocenters. The lowest BCUT2D eigenvalue weighted by molar-refractivity contribution is 0.0544. The first kappa shape index (κ1) is 38.2. The molecule has 2 amide bonds. The number of nitrogens with zero attached hydrogens (tertiary/aromatic N) is 4. The quantitative estimate of drug-likeness (QED) is 0.170. The largest absolute Gasteiger partial charge is 0.412 e. The minimum Gasteiger partial charge on any atom is -0.412 e. The predicted molar refractivity (Wildman–Crippen MR) is 195 cm³/mol. The van der Waals surface area contributed by atoms with Crippen LogP contribution in [-0.4, -0.2) is 77.7 Å². The second-order valence-electron chi connectivity index (χ2n) is 12.5. The maximum Gasteiger partial charge on any atom is 0.274 e. The van der Waals surface area contributed by atoms with Gasteiger partial charge in [0.1, 0.15) is 11.0 Å². The standard InChI is InChI=1S/C38H45N5O5S.H2O/c1-5-7-19-41(20-8-6-2)38(47)35-21-26(3)43(39-35)36-18-15-31(40-49(48)33-16-13-28(14-17-33)27(4)45)23-34(36)37(46)42-24-30-12-10-9-11-29(30)22-32(42)25-44;/h9-18,21,23,32,40,44H,5-8,19-20,22,24-25H2,1-4H3;1H2/t32-,49?;/m0./s1. The molecule has 0 bridgehead atoms. The molecule has 1 aromatic heterocycles. The summed E-state index contributed by atoms with van der Waals surface area (Å²) in [6, 6.07) is 20.8. The van der Waals surface area contributed by atoms with Crippen LogP contribution in [0.3, 0.4) is 0 Å². The predicted octanol–water partition coefficient (Wildman–Crippen LogP) is 5.30. The van der Waals surface area contributed by atoms with Gasteiger partial charge in [-0.05, 0) is 80.6 Å². The molecule has 50 heavy (non-hydrogen) atoms. The number of nitrogens with one attached hydrogen (secondary N) is 1. The second kappa shape index (κ2) is 17.3. The number of ketones is 1. The SMILES string of the molecule is CCCCN(CCCC)C(=O)c1cc(C)n(-c2ccc(NS(=O)c3ccc(C(C)=O)cc3)cc2C(=O)N2Cc3ccccc3C[C@H]2CO)n1.O. The number of hydrogen-bond acceptors (Lipinski definition) is 6. The van der Waals surface area contributed by atoms with Crippen LogP contribution in [-0.2, 0) is 24.0 Å². The fourth-order valence-corrected chi connectivity index (χ4v) is 6.92. The van der Waals surface area contributed by atoms with E-state index in [4.69, 9.17) is 5.10 Å². The van der Waals surface area contributed by atoms with Crippen molar-refractivity contribution in [3.05, 3.63) is 106 Å². The summed E-state index contributed by atoms with van der Waals surface area (Å²) >= 11 is 0. The van der Waals surface area contributed by atoms with Crippen LogP contribution in [0.4, 0.5) is 5.69 Å². The number of aryl methyl sites for hydroxylation is 1. The Morgan fingerprint density at radius 2 is 1.62 bits per heavy atom. The third-order valence-electron chi connectivity index (χ3n) is 8.92. The number of aliphatic hydroxyl groups excluding tert-OH is 1. The summed E-state index contributed by atoms with van der Waals surface area (Å²) in [5.41, 5.74) is 4.79. The van der Waals surface area contributed by atoms with E-state index in [-0.39, 0.29) is 35.2 Å². The van der Waals surface area contributed by atoms with Crippen LogP contribution in [0, 0.1) is 6.92 Å². The molecule has 5 rings (SSSR count). The van der Waals surface area contributed by atoms with E-state index in [9.17, 15) is 23.7 Å². The van der Waals surface area contributed by atoms with Gasteiger partial charge in [-0.2, -0.15) is 5.10 Å². The smallest absolute Gasteiger partial charge is 0.274 e. The van der Waals surface area contributed by atoms with Gasteiger partial charge in [-0.1, -0.05) is 63.1 Å². The van der Waals surface area contributed by atoms with Gasteiger partial charge in [0.05, 0.1) is 28.8 Å². The molecule has 0 saturated heterocycles. The van der Waals surface area contributed by atoms with Crippen LogP contribution in [0.15, 0.2) is 77.7 Å². The zero-order valence-electron chi connectivity index (χ0n) is 29.1. The molecule has 4 aromatic rings. The van der Waals surface area contributed by atoms with Gasteiger partial charge in [0.15, 0.2) is 11.5 Å². The molecular weight excluding hydrogens is 655 g/mol. The number of unbranched alkanes of at least 4 members (excludes halogenated alkanes) is 2. The van der Waals surface area contributed by atoms with E-state index in [0.29, 0.717) is 59.3 Å². The number of aliphatic hydroxyl groups is 1. The van der Waals surface area contributed by atoms with E-state index >= 15 is 0 Å². The topological polar surface area (TPSA) is 156 Å². The average molecular weight is 702 g/mol. The Labute approximate surface area is 296 Å². The van der Waals surface area contributed by atoms with Crippen molar-refractivity contribution in [2.24, 2.45) is 0 Å². The highest BCUT2D eigenvalue weighted by atomic mass is 32.2. The van der Waals surface area contributed by atoms with Crippen molar-refractivity contribution in [1.29, 1.82) is 0 Å². The van der Waals surface area contributed by atoms with Gasteiger partial charge >= 0.3 is 0 Å². The highest BCUT2D eigenvalue weighted by molar-refractivity contribution is 7.86. The molecule has 0 fully saturated rings. The molecule has 0 saturated carbocycles. The first-order valence-electron chi connectivity index (χ1n) is 16.9. The van der Waals surface area contributed by atoms with Gasteiger partial charge in [0.2, 0.25) is 0 Å². The molecule has 0 spiro atoms. The first-order chi connectivity index (χ1) is 23.6. The van der Waals surface area contributed by atoms with E-state index in [2.05, 4.69) is 18.6 Å². The number of hydrogen-bond donors (Lipinski definition) is 2. The highest BCUT2D eigenvalue weighted by Crippen LogP contribution is 2.29. The molecule has 2 heterocycles. The number of aromatic nitrogens is 2. The van der Waals surface area contributed by atoms with E-state index < -0.39 is 17.0 Å². The van der Waals surface area contributed by atoms with Gasteiger partial charge in [0.25, 0.3) is 11.8 Å². The van der Waals surface area contributed by atoms with Crippen LogP contribution in [0.5, 0.6) is 0 Å². The number of anilines is 1. The summed E-state index contributed by atoms with van der Waals surface area (Å²) in [5, 5.41) is 15.1. The van der Waals surface area contributed by atoms with Crippen molar-refractivity contribution in [1.82, 2.24) is 19.6 Å². The zero-order valence-corrected chi connectivity index (χ0v) is 30.0. The second-order valence-corrected chi connectivity index (χ2v) is 13.7. The fraction of sp³-hybridized carbons (Fsp3) is 0.368. The van der Waals surface area contributed by atoms with Crippen molar-refractivity contribution in [2.45, 2.75) is 77.3 Å². The summed E-state index contributed by atoms with van der Waals surface area (Å²) in [4.78, 5) is 43.9. The summed E-state index contributed by atoms with van der Waals surface area (Å²) in [6.45, 7) is 8.93. The molecule has 2 atom stereocenters. The summed E-state index contributed by atoms with van der Waals surface area (Å²) in [7, 11) is -1.69. The van der Waals surface area contributed by atoms with E-state index in [1.165, 1.54) is 6.92 Å². The van der Waals surface area contributed by atoms with Gasteiger partial charge in [-0.25, -0.2) is 8.89 Å². The molecule has 3 aromatic carbocycles. The molecule has 0 radical (unpaired) electrons. The number of Topliss-reactive ketones (excluding diaryl/α,β-unsaturated/α-hetero) is 1. The maximum atomic E-state index is 14.5. The Kier molecular flexibility index (Phi) is 13.2. The number of carbonyl (C=O) groups is 3. The monoisotopic (exact) mass is 701 g/mol. The van der Waals surface area contributed by atoms with Crippen LogP contribution in [0.1, 0.15) is 94.5 Å². The number of benzene rings is 3. The minimum atomic E-state index is -1.69. The third-order valence-corrected chi connectivity index (χ3v) is 10.0. The highest BCUT2D eigenvalue weighted by Gasteiger charge is 2.32. The van der Waals surface area contributed by atoms with E-state index in [0.717, 1.165) is 36.8 Å². The van der Waals surface area contributed by atoms with Crippen molar-refractivity contribution in [3.8, 4) is 5.69 Å². The lowest BCUT2D eigenvalue weighted by atomic mass is 9.93. The first-order valence-corrected chi connectivity index (χ1v) is 18.1. The number of carbonyl (C=O) groups excluding carboxylic acids is 3. The molecule has 1 aliphatic rings. The Morgan fingerprint density at radius 1 is 0.960 bits per heavy atom. The maximum absolute atomic E-state index is 14.5. The van der Waals surface area contributed by atoms with Crippen LogP contribution < -0.4 is 4.72 Å². The number of amides is 2. The molecular formula is C38H47N5O6S. The number of fused-ring (bicyclic) bond motifs is 1. The molecule has 0 aliphatic carbocycles.